The molecule has 0 saturated heterocycles. The predicted octanol–water partition coefficient (Wildman–Crippen LogP) is 4.10. The molecule has 76 valence electrons. The van der Waals surface area contributed by atoms with Crippen molar-refractivity contribution in [2.45, 2.75) is 0 Å². The van der Waals surface area contributed by atoms with Crippen molar-refractivity contribution in [3.05, 3.63) is 45.5 Å². The van der Waals surface area contributed by atoms with Gasteiger partial charge in [-0.25, -0.2) is 0 Å². The maximum absolute atomic E-state index is 6.01. The first-order chi connectivity index (χ1) is 7.18. The van der Waals surface area contributed by atoms with Crippen molar-refractivity contribution < 1.29 is 0 Å². The van der Waals surface area contributed by atoms with Crippen LogP contribution in [0.2, 0.25) is 15.2 Å². The van der Waals surface area contributed by atoms with Gasteiger partial charge in [0.1, 0.15) is 0 Å². The summed E-state index contributed by atoms with van der Waals surface area (Å²) in [5.74, 6) is 0. The van der Waals surface area contributed by atoms with Crippen LogP contribution < -0.4 is 0 Å². The van der Waals surface area contributed by atoms with E-state index in [2.05, 4.69) is 10.2 Å². The molecule has 0 atom stereocenters. The molecule has 0 radical (unpaired) electrons. The smallest absolute Gasteiger partial charge is 0.149 e. The zero-order valence-electron chi connectivity index (χ0n) is 7.42. The molecule has 0 amide bonds. The van der Waals surface area contributed by atoms with Crippen LogP contribution in [0.5, 0.6) is 0 Å². The molecule has 0 spiro atoms. The third-order valence-electron chi connectivity index (χ3n) is 1.86. The summed E-state index contributed by atoms with van der Waals surface area (Å²) in [6.45, 7) is 0. The molecule has 0 saturated carbocycles. The second-order valence-corrected chi connectivity index (χ2v) is 4.02. The van der Waals surface area contributed by atoms with Gasteiger partial charge in [-0.2, -0.15) is 0 Å². The fourth-order valence-corrected chi connectivity index (χ4v) is 1.62. The summed E-state index contributed by atoms with van der Waals surface area (Å²) in [6.07, 6.45) is 0. The Kier molecular flexibility index (Phi) is 3.10. The van der Waals surface area contributed by atoms with Gasteiger partial charge in [0.25, 0.3) is 0 Å². The molecule has 2 aromatic rings. The molecule has 0 aliphatic heterocycles. The lowest BCUT2D eigenvalue weighted by atomic mass is 10.1. The topological polar surface area (TPSA) is 25.8 Å². The molecule has 1 aromatic carbocycles. The maximum Gasteiger partial charge on any atom is 0.170 e. The SMILES string of the molecule is Clc1ccccc1-c1cc(Cl)c(Cl)nn1. The molecule has 1 heterocycles. The minimum Gasteiger partial charge on any atom is -0.149 e. The second-order valence-electron chi connectivity index (χ2n) is 2.85. The Hall–Kier alpha value is -0.830. The number of rotatable bonds is 1. The van der Waals surface area contributed by atoms with Crippen LogP contribution >= 0.6 is 34.8 Å². The molecule has 0 aliphatic carbocycles. The van der Waals surface area contributed by atoms with Crippen LogP contribution in [0.1, 0.15) is 0 Å². The highest BCUT2D eigenvalue weighted by Gasteiger charge is 2.07. The van der Waals surface area contributed by atoms with Gasteiger partial charge in [-0.05, 0) is 12.1 Å². The van der Waals surface area contributed by atoms with E-state index in [1.807, 2.05) is 18.2 Å². The summed E-state index contributed by atoms with van der Waals surface area (Å²) < 4.78 is 0. The van der Waals surface area contributed by atoms with Crippen LogP contribution in [0.4, 0.5) is 0 Å². The molecule has 2 rings (SSSR count). The summed E-state index contributed by atoms with van der Waals surface area (Å²) in [5.41, 5.74) is 1.39. The Balaban J connectivity index is 2.55. The number of benzene rings is 1. The van der Waals surface area contributed by atoms with E-state index in [1.165, 1.54) is 0 Å². The average molecular weight is 260 g/mol. The number of hydrogen-bond donors (Lipinski definition) is 0. The van der Waals surface area contributed by atoms with Gasteiger partial charge in [-0.1, -0.05) is 53.0 Å². The minimum absolute atomic E-state index is 0.187. The molecule has 1 aromatic heterocycles. The highest BCUT2D eigenvalue weighted by molar-refractivity contribution is 6.41. The van der Waals surface area contributed by atoms with Crippen molar-refractivity contribution in [1.82, 2.24) is 10.2 Å². The van der Waals surface area contributed by atoms with E-state index in [9.17, 15) is 0 Å². The van der Waals surface area contributed by atoms with Crippen LogP contribution in [0.25, 0.3) is 11.3 Å². The molecule has 0 aliphatic rings. The van der Waals surface area contributed by atoms with Crippen molar-refractivity contribution in [1.29, 1.82) is 0 Å². The summed E-state index contributed by atoms with van der Waals surface area (Å²) in [6, 6.07) is 8.97. The van der Waals surface area contributed by atoms with Crippen LogP contribution in [-0.2, 0) is 0 Å². The minimum atomic E-state index is 0.187. The number of nitrogens with zero attached hydrogens (tertiary/aromatic N) is 2. The van der Waals surface area contributed by atoms with E-state index >= 15 is 0 Å². The van der Waals surface area contributed by atoms with Crippen molar-refractivity contribution in [2.75, 3.05) is 0 Å². The second kappa shape index (κ2) is 4.35. The molecule has 0 bridgehead atoms. The van der Waals surface area contributed by atoms with Crippen LogP contribution in [-0.4, -0.2) is 10.2 Å². The summed E-state index contributed by atoms with van der Waals surface area (Å²) >= 11 is 17.5. The van der Waals surface area contributed by atoms with E-state index < -0.39 is 0 Å². The van der Waals surface area contributed by atoms with Crippen LogP contribution in [0.3, 0.4) is 0 Å². The fourth-order valence-electron chi connectivity index (χ4n) is 1.15. The highest BCUT2D eigenvalue weighted by atomic mass is 35.5. The Labute approximate surface area is 102 Å². The molecule has 0 N–H and O–H groups in total. The lowest BCUT2D eigenvalue weighted by Crippen LogP contribution is -1.89. The fraction of sp³-hybridized carbons (Fsp3) is 0. The number of aromatic nitrogens is 2. The predicted molar refractivity (Wildman–Crippen MR) is 62.5 cm³/mol. The Bertz CT molecular complexity index is 500. The Morgan fingerprint density at radius 1 is 0.867 bits per heavy atom. The first-order valence-electron chi connectivity index (χ1n) is 4.12. The van der Waals surface area contributed by atoms with Crippen molar-refractivity contribution in [2.24, 2.45) is 0 Å². The maximum atomic E-state index is 6.01. The lowest BCUT2D eigenvalue weighted by molar-refractivity contribution is 1.04. The van der Waals surface area contributed by atoms with E-state index in [-0.39, 0.29) is 5.15 Å². The van der Waals surface area contributed by atoms with Crippen molar-refractivity contribution >= 4 is 34.8 Å². The standard InChI is InChI=1S/C10H5Cl3N2/c11-7-4-2-1-3-6(7)9-5-8(12)10(13)15-14-9/h1-5H. The molecule has 2 nitrogen and oxygen atoms in total. The van der Waals surface area contributed by atoms with E-state index in [0.29, 0.717) is 15.7 Å². The van der Waals surface area contributed by atoms with Crippen LogP contribution in [0.15, 0.2) is 30.3 Å². The largest absolute Gasteiger partial charge is 0.170 e. The molecule has 0 unspecified atom stereocenters. The zero-order chi connectivity index (χ0) is 10.8. The number of halogens is 3. The van der Waals surface area contributed by atoms with Gasteiger partial charge < -0.3 is 0 Å². The van der Waals surface area contributed by atoms with Gasteiger partial charge in [0, 0.05) is 5.56 Å². The van der Waals surface area contributed by atoms with E-state index in [1.54, 1.807) is 12.1 Å². The molecule has 5 heteroatoms. The third-order valence-corrected chi connectivity index (χ3v) is 2.85. The van der Waals surface area contributed by atoms with E-state index in [4.69, 9.17) is 34.8 Å². The van der Waals surface area contributed by atoms with E-state index in [0.717, 1.165) is 5.56 Å². The highest BCUT2D eigenvalue weighted by Crippen LogP contribution is 2.28. The molecule has 15 heavy (non-hydrogen) atoms. The zero-order valence-corrected chi connectivity index (χ0v) is 9.68. The quantitative estimate of drug-likeness (QED) is 0.770. The van der Waals surface area contributed by atoms with Gasteiger partial charge in [0.2, 0.25) is 0 Å². The number of hydrogen-bond acceptors (Lipinski definition) is 2. The monoisotopic (exact) mass is 258 g/mol. The average Bonchev–Trinajstić information content (AvgIpc) is 2.23. The third kappa shape index (κ3) is 2.23. The molecular weight excluding hydrogens is 254 g/mol. The first-order valence-corrected chi connectivity index (χ1v) is 5.25. The van der Waals surface area contributed by atoms with Gasteiger partial charge >= 0.3 is 0 Å². The van der Waals surface area contributed by atoms with Gasteiger partial charge in [0.15, 0.2) is 5.15 Å². The molecule has 0 fully saturated rings. The first kappa shape index (κ1) is 10.7. The van der Waals surface area contributed by atoms with Gasteiger partial charge in [0.05, 0.1) is 15.7 Å². The summed E-state index contributed by atoms with van der Waals surface area (Å²) in [5, 5.41) is 8.79. The molecular formula is C10H5Cl3N2. The van der Waals surface area contributed by atoms with Crippen molar-refractivity contribution in [3.8, 4) is 11.3 Å². The van der Waals surface area contributed by atoms with Gasteiger partial charge in [-0.15, -0.1) is 10.2 Å². The lowest BCUT2D eigenvalue weighted by Gasteiger charge is -2.02. The van der Waals surface area contributed by atoms with Crippen molar-refractivity contribution in [3.63, 3.8) is 0 Å². The van der Waals surface area contributed by atoms with Crippen LogP contribution in [0, 0.1) is 0 Å². The Morgan fingerprint density at radius 2 is 1.60 bits per heavy atom. The summed E-state index contributed by atoms with van der Waals surface area (Å²) in [7, 11) is 0. The van der Waals surface area contributed by atoms with Gasteiger partial charge in [-0.3, -0.25) is 0 Å². The Morgan fingerprint density at radius 3 is 2.27 bits per heavy atom. The normalized spacial score (nSPS) is 10.3. The summed E-state index contributed by atoms with van der Waals surface area (Å²) in [4.78, 5) is 0.